The number of aromatic nitrogens is 1. The molecule has 1 aromatic carbocycles. The fraction of sp³-hybridized carbons (Fsp3) is 0.500. The molecule has 0 bridgehead atoms. The van der Waals surface area contributed by atoms with E-state index in [-0.39, 0.29) is 18.9 Å². The van der Waals surface area contributed by atoms with E-state index in [0.717, 1.165) is 16.5 Å². The lowest BCUT2D eigenvalue weighted by Crippen LogP contribution is -2.57. The summed E-state index contributed by atoms with van der Waals surface area (Å²) in [6.45, 7) is 4.30. The number of aliphatic hydroxyl groups excluding tert-OH is 1. The molecule has 0 unspecified atom stereocenters. The second kappa shape index (κ2) is 6.76. The lowest BCUT2D eigenvalue weighted by molar-refractivity contribution is -0.162. The molecule has 0 spiro atoms. The molecule has 1 saturated heterocycles. The highest BCUT2D eigenvalue weighted by molar-refractivity contribution is 5.99. The lowest BCUT2D eigenvalue weighted by atomic mass is 9.74. The van der Waals surface area contributed by atoms with Gasteiger partial charge >= 0.3 is 5.97 Å². The van der Waals surface area contributed by atoms with Gasteiger partial charge in [-0.05, 0) is 38.0 Å². The van der Waals surface area contributed by atoms with Gasteiger partial charge in [0.1, 0.15) is 11.1 Å². The number of likely N-dealkylation sites (tertiary alicyclic amines) is 1. The first-order chi connectivity index (χ1) is 12.3. The van der Waals surface area contributed by atoms with E-state index in [1.165, 1.54) is 0 Å². The van der Waals surface area contributed by atoms with Crippen LogP contribution in [0.3, 0.4) is 0 Å². The van der Waals surface area contributed by atoms with Gasteiger partial charge in [-0.3, -0.25) is 9.59 Å². The summed E-state index contributed by atoms with van der Waals surface area (Å²) < 4.78 is 1.85. The Hall–Kier alpha value is -2.34. The van der Waals surface area contributed by atoms with Gasteiger partial charge in [0, 0.05) is 31.0 Å². The van der Waals surface area contributed by atoms with Gasteiger partial charge in [0.2, 0.25) is 0 Å². The van der Waals surface area contributed by atoms with Crippen LogP contribution in [-0.2, 0) is 11.8 Å². The number of aryl methyl sites for hydroxylation is 2. The molecule has 1 aromatic heterocycles. The Bertz CT molecular complexity index is 857. The maximum Gasteiger partial charge on any atom is 0.314 e. The van der Waals surface area contributed by atoms with E-state index in [0.29, 0.717) is 25.1 Å². The van der Waals surface area contributed by atoms with Gasteiger partial charge in [-0.25, -0.2) is 0 Å². The van der Waals surface area contributed by atoms with Gasteiger partial charge in [-0.15, -0.1) is 0 Å². The highest BCUT2D eigenvalue weighted by atomic mass is 16.4. The number of carboxylic acids is 1. The van der Waals surface area contributed by atoms with Crippen molar-refractivity contribution in [2.24, 2.45) is 12.5 Å². The van der Waals surface area contributed by atoms with E-state index in [1.54, 1.807) is 4.90 Å². The van der Waals surface area contributed by atoms with Crippen molar-refractivity contribution in [2.75, 3.05) is 13.1 Å². The van der Waals surface area contributed by atoms with Gasteiger partial charge in [0.15, 0.2) is 0 Å². The maximum atomic E-state index is 13.1. The first-order valence-electron chi connectivity index (χ1n) is 9.07. The van der Waals surface area contributed by atoms with Crippen molar-refractivity contribution < 1.29 is 19.8 Å². The Balaban J connectivity index is 1.95. The van der Waals surface area contributed by atoms with E-state index in [9.17, 15) is 19.8 Å². The fourth-order valence-corrected chi connectivity index (χ4v) is 4.10. The third-order valence-corrected chi connectivity index (χ3v) is 5.61. The van der Waals surface area contributed by atoms with Crippen LogP contribution in [0.4, 0.5) is 0 Å². The van der Waals surface area contributed by atoms with Gasteiger partial charge in [-0.2, -0.15) is 0 Å². The molecule has 2 heterocycles. The van der Waals surface area contributed by atoms with Crippen LogP contribution < -0.4 is 0 Å². The predicted molar refractivity (Wildman–Crippen MR) is 99.2 cm³/mol. The van der Waals surface area contributed by atoms with Crippen LogP contribution in [0, 0.1) is 12.3 Å². The molecular formula is C20H26N2O4. The van der Waals surface area contributed by atoms with E-state index in [2.05, 4.69) is 0 Å². The minimum Gasteiger partial charge on any atom is -0.481 e. The number of aliphatic carboxylic acids is 1. The zero-order valence-corrected chi connectivity index (χ0v) is 15.5. The van der Waals surface area contributed by atoms with E-state index >= 15 is 0 Å². The molecule has 140 valence electrons. The Morgan fingerprint density at radius 2 is 2.04 bits per heavy atom. The van der Waals surface area contributed by atoms with Gasteiger partial charge in [0.05, 0.1) is 6.10 Å². The molecule has 1 fully saturated rings. The van der Waals surface area contributed by atoms with Crippen molar-refractivity contribution in [1.82, 2.24) is 9.47 Å². The van der Waals surface area contributed by atoms with Crippen molar-refractivity contribution in [3.63, 3.8) is 0 Å². The van der Waals surface area contributed by atoms with Crippen molar-refractivity contribution in [2.45, 2.75) is 39.2 Å². The van der Waals surface area contributed by atoms with Gasteiger partial charge < -0.3 is 19.7 Å². The number of fused-ring (bicyclic) bond motifs is 1. The minimum absolute atomic E-state index is 0.0384. The summed E-state index contributed by atoms with van der Waals surface area (Å²) in [6.07, 6.45) is 0.334. The topological polar surface area (TPSA) is 82.8 Å². The molecule has 0 saturated carbocycles. The number of rotatable bonds is 4. The number of benzene rings is 1. The monoisotopic (exact) mass is 358 g/mol. The van der Waals surface area contributed by atoms with Crippen molar-refractivity contribution in [3.05, 3.63) is 35.5 Å². The molecule has 0 radical (unpaired) electrons. The second-order valence-corrected chi connectivity index (χ2v) is 7.39. The van der Waals surface area contributed by atoms with Crippen LogP contribution in [0.1, 0.15) is 42.2 Å². The number of carbonyl (C=O) groups excluding carboxylic acids is 1. The number of nitrogens with zero attached hydrogens (tertiary/aromatic N) is 2. The number of aliphatic hydroxyl groups is 1. The summed E-state index contributed by atoms with van der Waals surface area (Å²) in [6, 6.07) is 7.88. The number of piperidine rings is 1. The summed E-state index contributed by atoms with van der Waals surface area (Å²) in [7, 11) is 1.85. The normalized spacial score (nSPS) is 23.4. The number of amides is 1. The van der Waals surface area contributed by atoms with Crippen molar-refractivity contribution in [1.29, 1.82) is 0 Å². The smallest absolute Gasteiger partial charge is 0.314 e. The number of carbonyl (C=O) groups is 2. The van der Waals surface area contributed by atoms with Crippen LogP contribution >= 0.6 is 0 Å². The third kappa shape index (κ3) is 2.88. The molecule has 2 N–H and O–H groups in total. The van der Waals surface area contributed by atoms with Crippen molar-refractivity contribution >= 4 is 22.8 Å². The standard InChI is InChI=1S/C20H26N2O4/c1-4-8-20(19(25)26)12-22(9-7-17(20)23)18(24)16-11-14-10-13(2)5-6-15(14)21(16)3/h5-6,10-11,17,23H,4,7-9,12H2,1-3H3,(H,25,26)/t17-,20+/m0/s1. The average molecular weight is 358 g/mol. The average Bonchev–Trinajstić information content (AvgIpc) is 2.92. The molecule has 6 heteroatoms. The molecule has 26 heavy (non-hydrogen) atoms. The Labute approximate surface area is 153 Å². The zero-order valence-electron chi connectivity index (χ0n) is 15.5. The quantitative estimate of drug-likeness (QED) is 0.880. The number of hydrogen-bond donors (Lipinski definition) is 2. The Morgan fingerprint density at radius 3 is 2.69 bits per heavy atom. The van der Waals surface area contributed by atoms with E-state index in [4.69, 9.17) is 0 Å². The summed E-state index contributed by atoms with van der Waals surface area (Å²) in [4.78, 5) is 26.6. The van der Waals surface area contributed by atoms with Crippen LogP contribution in [0.15, 0.2) is 24.3 Å². The fourth-order valence-electron chi connectivity index (χ4n) is 4.10. The number of carboxylic acid groups (broad SMARTS) is 1. The molecule has 1 aliphatic heterocycles. The first-order valence-corrected chi connectivity index (χ1v) is 9.07. The van der Waals surface area contributed by atoms with Crippen LogP contribution in [-0.4, -0.2) is 50.8 Å². The molecule has 6 nitrogen and oxygen atoms in total. The van der Waals surface area contributed by atoms with E-state index < -0.39 is 17.5 Å². The van der Waals surface area contributed by atoms with Crippen LogP contribution in [0.25, 0.3) is 10.9 Å². The first kappa shape index (κ1) is 18.5. The Kier molecular flexibility index (Phi) is 4.80. The maximum absolute atomic E-state index is 13.1. The molecule has 0 aliphatic carbocycles. The zero-order chi connectivity index (χ0) is 19.1. The Morgan fingerprint density at radius 1 is 1.31 bits per heavy atom. The van der Waals surface area contributed by atoms with Gasteiger partial charge in [-0.1, -0.05) is 25.0 Å². The lowest BCUT2D eigenvalue weighted by Gasteiger charge is -2.43. The minimum atomic E-state index is -1.29. The second-order valence-electron chi connectivity index (χ2n) is 7.39. The largest absolute Gasteiger partial charge is 0.481 e. The van der Waals surface area contributed by atoms with E-state index in [1.807, 2.05) is 49.7 Å². The van der Waals surface area contributed by atoms with Gasteiger partial charge in [0.25, 0.3) is 5.91 Å². The molecule has 1 aliphatic rings. The SMILES string of the molecule is CCC[C@@]1(C(=O)O)CN(C(=O)c2cc3cc(C)ccc3n2C)CC[C@@H]1O. The highest BCUT2D eigenvalue weighted by Gasteiger charge is 2.49. The highest BCUT2D eigenvalue weighted by Crippen LogP contribution is 2.36. The molecular weight excluding hydrogens is 332 g/mol. The molecule has 3 rings (SSSR count). The summed E-state index contributed by atoms with van der Waals surface area (Å²) in [5.74, 6) is -1.22. The molecule has 1 amide bonds. The number of hydrogen-bond acceptors (Lipinski definition) is 3. The summed E-state index contributed by atoms with van der Waals surface area (Å²) in [5.41, 5.74) is 1.34. The summed E-state index contributed by atoms with van der Waals surface area (Å²) in [5, 5.41) is 21.1. The summed E-state index contributed by atoms with van der Waals surface area (Å²) >= 11 is 0. The van der Waals surface area contributed by atoms with Crippen LogP contribution in [0.5, 0.6) is 0 Å². The van der Waals surface area contributed by atoms with Crippen LogP contribution in [0.2, 0.25) is 0 Å². The van der Waals surface area contributed by atoms with Crippen molar-refractivity contribution in [3.8, 4) is 0 Å². The molecule has 2 aromatic rings. The molecule has 2 atom stereocenters. The third-order valence-electron chi connectivity index (χ3n) is 5.61. The predicted octanol–water partition coefficient (Wildman–Crippen LogP) is 2.56.